The molecule has 29 heavy (non-hydrogen) atoms. The van der Waals surface area contributed by atoms with Gasteiger partial charge in [0.2, 0.25) is 0 Å². The summed E-state index contributed by atoms with van der Waals surface area (Å²) in [5, 5.41) is 9.58. The van der Waals surface area contributed by atoms with Gasteiger partial charge in [-0.1, -0.05) is 48.5 Å². The SMILES string of the molecule is CCC1=NC(C(C)(C)C)C(C(C)(C)C)=C2CC(CN3CCOCC3C(=O)O)CN12. The Bertz CT molecular complexity index is 699. The molecule has 0 radical (unpaired) electrons. The third kappa shape index (κ3) is 4.53. The third-order valence-electron chi connectivity index (χ3n) is 6.38. The van der Waals surface area contributed by atoms with Gasteiger partial charge in [-0.15, -0.1) is 0 Å². The van der Waals surface area contributed by atoms with Gasteiger partial charge < -0.3 is 14.7 Å². The van der Waals surface area contributed by atoms with E-state index in [4.69, 9.17) is 9.73 Å². The molecule has 0 aromatic carbocycles. The summed E-state index contributed by atoms with van der Waals surface area (Å²) in [5.41, 5.74) is 3.01. The van der Waals surface area contributed by atoms with Crippen LogP contribution in [-0.2, 0) is 9.53 Å². The number of aliphatic carboxylic acids is 1. The Morgan fingerprint density at radius 2 is 1.93 bits per heavy atom. The fourth-order valence-corrected chi connectivity index (χ4v) is 5.06. The van der Waals surface area contributed by atoms with E-state index < -0.39 is 12.0 Å². The molecule has 2 fully saturated rings. The van der Waals surface area contributed by atoms with Crippen LogP contribution in [0.4, 0.5) is 0 Å². The minimum absolute atomic E-state index is 0.0474. The molecule has 3 heterocycles. The molecule has 3 unspecified atom stereocenters. The zero-order chi connectivity index (χ0) is 21.6. The predicted molar refractivity (Wildman–Crippen MR) is 116 cm³/mol. The lowest BCUT2D eigenvalue weighted by Gasteiger charge is -2.43. The molecule has 0 saturated carbocycles. The van der Waals surface area contributed by atoms with E-state index in [1.807, 2.05) is 0 Å². The number of hydrogen-bond acceptors (Lipinski definition) is 5. The standard InChI is InChI=1S/C23H39N3O3/c1-8-18-24-20(23(5,6)7)19(22(2,3)4)16-11-15(13-26(16)18)12-25-9-10-29-14-17(25)21(27)28/h15,17,20H,8-14H2,1-7H3,(H,27,28). The molecule has 3 atom stereocenters. The molecule has 164 valence electrons. The van der Waals surface area contributed by atoms with Gasteiger partial charge in [0, 0.05) is 31.8 Å². The Hall–Kier alpha value is -1.40. The number of ether oxygens (including phenoxy) is 1. The average Bonchev–Trinajstić information content (AvgIpc) is 3.01. The summed E-state index contributed by atoms with van der Waals surface area (Å²) in [6.45, 7) is 19.3. The third-order valence-corrected chi connectivity index (χ3v) is 6.38. The van der Waals surface area contributed by atoms with E-state index in [9.17, 15) is 9.90 Å². The molecule has 0 aliphatic carbocycles. The summed E-state index contributed by atoms with van der Waals surface area (Å²) in [4.78, 5) is 21.5. The Kier molecular flexibility index (Phi) is 6.17. The van der Waals surface area contributed by atoms with E-state index in [-0.39, 0.29) is 23.5 Å². The normalized spacial score (nSPS) is 29.1. The molecule has 3 aliphatic heterocycles. The van der Waals surface area contributed by atoms with E-state index in [0.29, 0.717) is 19.1 Å². The van der Waals surface area contributed by atoms with E-state index >= 15 is 0 Å². The van der Waals surface area contributed by atoms with Crippen LogP contribution in [0.3, 0.4) is 0 Å². The second-order valence-electron chi connectivity index (χ2n) is 10.9. The molecule has 0 spiro atoms. The quantitative estimate of drug-likeness (QED) is 0.774. The minimum Gasteiger partial charge on any atom is -0.480 e. The van der Waals surface area contributed by atoms with Crippen molar-refractivity contribution in [3.63, 3.8) is 0 Å². The van der Waals surface area contributed by atoms with Crippen LogP contribution >= 0.6 is 0 Å². The highest BCUT2D eigenvalue weighted by atomic mass is 16.5. The van der Waals surface area contributed by atoms with Crippen molar-refractivity contribution < 1.29 is 14.6 Å². The van der Waals surface area contributed by atoms with Crippen molar-refractivity contribution in [1.29, 1.82) is 0 Å². The first-order chi connectivity index (χ1) is 13.4. The number of fused-ring (bicyclic) bond motifs is 1. The van der Waals surface area contributed by atoms with Gasteiger partial charge >= 0.3 is 5.97 Å². The van der Waals surface area contributed by atoms with Gasteiger partial charge in [-0.2, -0.15) is 0 Å². The van der Waals surface area contributed by atoms with Crippen LogP contribution in [0.1, 0.15) is 61.3 Å². The first-order valence-electron chi connectivity index (χ1n) is 11.1. The number of nitrogens with zero attached hydrogens (tertiary/aromatic N) is 3. The Morgan fingerprint density at radius 1 is 1.24 bits per heavy atom. The number of morpholine rings is 1. The second-order valence-corrected chi connectivity index (χ2v) is 10.9. The van der Waals surface area contributed by atoms with Gasteiger partial charge in [-0.3, -0.25) is 14.7 Å². The van der Waals surface area contributed by atoms with Gasteiger partial charge in [0.25, 0.3) is 0 Å². The zero-order valence-electron chi connectivity index (χ0n) is 19.3. The fraction of sp³-hybridized carbons (Fsp3) is 0.826. The zero-order valence-corrected chi connectivity index (χ0v) is 19.3. The summed E-state index contributed by atoms with van der Waals surface area (Å²) in [6, 6.07) is -0.336. The molecule has 0 amide bonds. The molecule has 1 N–H and O–H groups in total. The van der Waals surface area contributed by atoms with Crippen molar-refractivity contribution in [2.75, 3.05) is 32.8 Å². The van der Waals surface area contributed by atoms with Crippen molar-refractivity contribution in [2.24, 2.45) is 21.7 Å². The Labute approximate surface area is 176 Å². The van der Waals surface area contributed by atoms with E-state index in [2.05, 4.69) is 58.3 Å². The van der Waals surface area contributed by atoms with Crippen LogP contribution in [-0.4, -0.2) is 71.6 Å². The number of amidine groups is 1. The highest BCUT2D eigenvalue weighted by Crippen LogP contribution is 2.47. The lowest BCUT2D eigenvalue weighted by atomic mass is 9.71. The van der Waals surface area contributed by atoms with Crippen LogP contribution in [0.15, 0.2) is 16.3 Å². The van der Waals surface area contributed by atoms with Crippen molar-refractivity contribution in [3.05, 3.63) is 11.3 Å². The predicted octanol–water partition coefficient (Wildman–Crippen LogP) is 3.63. The molecule has 0 aromatic heterocycles. The summed E-state index contributed by atoms with van der Waals surface area (Å²) in [6.07, 6.45) is 1.93. The number of carbonyl (C=O) groups is 1. The van der Waals surface area contributed by atoms with Gasteiger partial charge in [-0.05, 0) is 28.7 Å². The molecule has 6 nitrogen and oxygen atoms in total. The van der Waals surface area contributed by atoms with Gasteiger partial charge in [0.15, 0.2) is 0 Å². The van der Waals surface area contributed by atoms with Gasteiger partial charge in [-0.25, -0.2) is 0 Å². The largest absolute Gasteiger partial charge is 0.480 e. The number of aliphatic imine (C=N–C) groups is 1. The van der Waals surface area contributed by atoms with Crippen LogP contribution in [0.5, 0.6) is 0 Å². The highest BCUT2D eigenvalue weighted by Gasteiger charge is 2.44. The van der Waals surface area contributed by atoms with Gasteiger partial charge in [0.05, 0.1) is 19.3 Å². The lowest BCUT2D eigenvalue weighted by Crippen LogP contribution is -2.51. The van der Waals surface area contributed by atoms with Crippen molar-refractivity contribution in [1.82, 2.24) is 9.80 Å². The maximum atomic E-state index is 11.7. The summed E-state index contributed by atoms with van der Waals surface area (Å²) in [5.74, 6) is 0.823. The number of hydrogen-bond donors (Lipinski definition) is 1. The number of allylic oxidation sites excluding steroid dienone is 1. The van der Waals surface area contributed by atoms with E-state index in [1.165, 1.54) is 17.1 Å². The van der Waals surface area contributed by atoms with Crippen LogP contribution in [0.25, 0.3) is 0 Å². The Balaban J connectivity index is 1.91. The fourth-order valence-electron chi connectivity index (χ4n) is 5.06. The molecular formula is C23H39N3O3. The molecule has 6 heteroatoms. The molecule has 0 aromatic rings. The maximum absolute atomic E-state index is 11.7. The topological polar surface area (TPSA) is 65.4 Å². The molecule has 0 bridgehead atoms. The second kappa shape index (κ2) is 8.03. The van der Waals surface area contributed by atoms with Crippen LogP contribution in [0.2, 0.25) is 0 Å². The summed E-state index contributed by atoms with van der Waals surface area (Å²) in [7, 11) is 0. The smallest absolute Gasteiger partial charge is 0.323 e. The minimum atomic E-state index is -0.779. The first-order valence-corrected chi connectivity index (χ1v) is 11.1. The van der Waals surface area contributed by atoms with Crippen molar-refractivity contribution in [3.8, 4) is 0 Å². The first kappa shape index (κ1) is 22.3. The van der Waals surface area contributed by atoms with Crippen LogP contribution in [0, 0.1) is 16.7 Å². The number of carboxylic acids is 1. The molecule has 3 aliphatic rings. The van der Waals surface area contributed by atoms with E-state index in [1.54, 1.807) is 0 Å². The Morgan fingerprint density at radius 3 is 2.48 bits per heavy atom. The molecular weight excluding hydrogens is 366 g/mol. The average molecular weight is 406 g/mol. The number of carboxylic acid groups (broad SMARTS) is 1. The van der Waals surface area contributed by atoms with Crippen molar-refractivity contribution in [2.45, 2.75) is 73.4 Å². The highest BCUT2D eigenvalue weighted by molar-refractivity contribution is 5.86. The number of rotatable bonds is 4. The van der Waals surface area contributed by atoms with Gasteiger partial charge in [0.1, 0.15) is 11.9 Å². The molecule has 2 saturated heterocycles. The van der Waals surface area contributed by atoms with Crippen LogP contribution < -0.4 is 0 Å². The lowest BCUT2D eigenvalue weighted by molar-refractivity contribution is -0.150. The summed E-state index contributed by atoms with van der Waals surface area (Å²) >= 11 is 0. The van der Waals surface area contributed by atoms with E-state index in [0.717, 1.165) is 25.9 Å². The molecule has 3 rings (SSSR count). The van der Waals surface area contributed by atoms with Crippen molar-refractivity contribution >= 4 is 11.8 Å². The summed E-state index contributed by atoms with van der Waals surface area (Å²) < 4.78 is 5.42. The monoisotopic (exact) mass is 405 g/mol. The maximum Gasteiger partial charge on any atom is 0.323 e.